The van der Waals surface area contributed by atoms with Gasteiger partial charge in [0.1, 0.15) is 0 Å². The average molecular weight is 229 g/mol. The zero-order chi connectivity index (χ0) is 12.3. The van der Waals surface area contributed by atoms with Crippen molar-refractivity contribution in [2.75, 3.05) is 0 Å². The molecule has 2 N–H and O–H groups in total. The summed E-state index contributed by atoms with van der Waals surface area (Å²) in [5.74, 6) is 0. The molecule has 2 aromatic rings. The maximum Gasteiger partial charge on any atom is 0.0585 e. The SMILES string of the molecule is CCc1ccccc1C(N)c1cnn(CC)c1. The molecule has 1 aromatic carbocycles. The molecule has 17 heavy (non-hydrogen) atoms. The van der Waals surface area contributed by atoms with Gasteiger partial charge in [-0.25, -0.2) is 0 Å². The van der Waals surface area contributed by atoms with E-state index in [0.29, 0.717) is 0 Å². The predicted molar refractivity (Wildman–Crippen MR) is 69.8 cm³/mol. The summed E-state index contributed by atoms with van der Waals surface area (Å²) in [5.41, 5.74) is 9.89. The van der Waals surface area contributed by atoms with Crippen molar-refractivity contribution in [1.29, 1.82) is 0 Å². The lowest BCUT2D eigenvalue weighted by Gasteiger charge is -2.14. The molecule has 0 bridgehead atoms. The monoisotopic (exact) mass is 229 g/mol. The molecule has 1 aromatic heterocycles. The van der Waals surface area contributed by atoms with E-state index in [2.05, 4.69) is 37.1 Å². The lowest BCUT2D eigenvalue weighted by Crippen LogP contribution is -2.13. The minimum absolute atomic E-state index is 0.0774. The third-order valence-electron chi connectivity index (χ3n) is 3.11. The van der Waals surface area contributed by atoms with E-state index in [1.807, 2.05) is 23.1 Å². The molecule has 0 aliphatic carbocycles. The number of rotatable bonds is 4. The maximum absolute atomic E-state index is 6.31. The maximum atomic E-state index is 6.31. The number of aromatic nitrogens is 2. The number of hydrogen-bond donors (Lipinski definition) is 1. The van der Waals surface area contributed by atoms with Crippen LogP contribution in [0, 0.1) is 0 Å². The van der Waals surface area contributed by atoms with Gasteiger partial charge < -0.3 is 5.73 Å². The lowest BCUT2D eigenvalue weighted by molar-refractivity contribution is 0.658. The highest BCUT2D eigenvalue weighted by Gasteiger charge is 2.13. The summed E-state index contributed by atoms with van der Waals surface area (Å²) < 4.78 is 1.91. The largest absolute Gasteiger partial charge is 0.320 e. The van der Waals surface area contributed by atoms with Crippen LogP contribution in [0.1, 0.15) is 36.6 Å². The van der Waals surface area contributed by atoms with E-state index >= 15 is 0 Å². The number of benzene rings is 1. The van der Waals surface area contributed by atoms with Gasteiger partial charge in [-0.05, 0) is 24.5 Å². The molecule has 1 unspecified atom stereocenters. The third kappa shape index (κ3) is 2.39. The van der Waals surface area contributed by atoms with E-state index in [9.17, 15) is 0 Å². The highest BCUT2D eigenvalue weighted by Crippen LogP contribution is 2.22. The Morgan fingerprint density at radius 2 is 2.06 bits per heavy atom. The van der Waals surface area contributed by atoms with Gasteiger partial charge in [0.25, 0.3) is 0 Å². The lowest BCUT2D eigenvalue weighted by atomic mass is 9.96. The van der Waals surface area contributed by atoms with Gasteiger partial charge in [0.15, 0.2) is 0 Å². The highest BCUT2D eigenvalue weighted by molar-refractivity contribution is 5.35. The number of aryl methyl sites for hydroxylation is 2. The Labute approximate surface area is 102 Å². The van der Waals surface area contributed by atoms with Crippen molar-refractivity contribution in [2.24, 2.45) is 5.73 Å². The van der Waals surface area contributed by atoms with E-state index in [-0.39, 0.29) is 6.04 Å². The quantitative estimate of drug-likeness (QED) is 0.875. The van der Waals surface area contributed by atoms with Gasteiger partial charge in [-0.1, -0.05) is 31.2 Å². The van der Waals surface area contributed by atoms with E-state index in [4.69, 9.17) is 5.73 Å². The Morgan fingerprint density at radius 1 is 1.29 bits per heavy atom. The summed E-state index contributed by atoms with van der Waals surface area (Å²) in [7, 11) is 0. The Hall–Kier alpha value is -1.61. The smallest absolute Gasteiger partial charge is 0.0585 e. The number of hydrogen-bond acceptors (Lipinski definition) is 2. The molecule has 0 amide bonds. The summed E-state index contributed by atoms with van der Waals surface area (Å²) in [5, 5.41) is 4.27. The van der Waals surface area contributed by atoms with Gasteiger partial charge in [-0.2, -0.15) is 5.10 Å². The Kier molecular flexibility index (Phi) is 3.59. The van der Waals surface area contributed by atoms with Crippen molar-refractivity contribution in [1.82, 2.24) is 9.78 Å². The van der Waals surface area contributed by atoms with Crippen LogP contribution in [0.15, 0.2) is 36.7 Å². The van der Waals surface area contributed by atoms with Crippen molar-refractivity contribution >= 4 is 0 Å². The fraction of sp³-hybridized carbons (Fsp3) is 0.357. The van der Waals surface area contributed by atoms with Crippen molar-refractivity contribution in [2.45, 2.75) is 32.9 Å². The first-order chi connectivity index (χ1) is 8.26. The van der Waals surface area contributed by atoms with Crippen LogP contribution >= 0.6 is 0 Å². The van der Waals surface area contributed by atoms with E-state index in [0.717, 1.165) is 18.5 Å². The molecule has 0 radical (unpaired) electrons. The summed E-state index contributed by atoms with van der Waals surface area (Å²) in [4.78, 5) is 0. The van der Waals surface area contributed by atoms with Crippen molar-refractivity contribution < 1.29 is 0 Å². The predicted octanol–water partition coefficient (Wildman–Crippen LogP) is 2.51. The molecule has 2 rings (SSSR count). The Morgan fingerprint density at radius 3 is 2.71 bits per heavy atom. The molecule has 0 saturated carbocycles. The molecule has 0 spiro atoms. The molecule has 3 heteroatoms. The van der Waals surface area contributed by atoms with E-state index in [1.165, 1.54) is 11.1 Å². The van der Waals surface area contributed by atoms with Gasteiger partial charge in [-0.15, -0.1) is 0 Å². The second-order valence-electron chi connectivity index (χ2n) is 4.16. The standard InChI is InChI=1S/C14H19N3/c1-3-11-7-5-6-8-13(11)14(15)12-9-16-17(4-2)10-12/h5-10,14H,3-4,15H2,1-2H3. The number of nitrogens with two attached hydrogens (primary N) is 1. The first-order valence-corrected chi connectivity index (χ1v) is 6.12. The average Bonchev–Trinajstić information content (AvgIpc) is 2.86. The van der Waals surface area contributed by atoms with Gasteiger partial charge >= 0.3 is 0 Å². The van der Waals surface area contributed by atoms with Crippen LogP contribution in [0.3, 0.4) is 0 Å². The summed E-state index contributed by atoms with van der Waals surface area (Å²) in [6.45, 7) is 5.10. The van der Waals surface area contributed by atoms with Gasteiger partial charge in [0.2, 0.25) is 0 Å². The van der Waals surface area contributed by atoms with Gasteiger partial charge in [0.05, 0.1) is 12.2 Å². The molecule has 0 aliphatic heterocycles. The van der Waals surface area contributed by atoms with Crippen molar-refractivity contribution in [3.05, 3.63) is 53.3 Å². The first kappa shape index (κ1) is 11.9. The molecule has 0 saturated heterocycles. The molecule has 90 valence electrons. The molecule has 1 atom stereocenters. The number of nitrogens with zero attached hydrogens (tertiary/aromatic N) is 2. The fourth-order valence-electron chi connectivity index (χ4n) is 2.05. The normalized spacial score (nSPS) is 12.6. The minimum atomic E-state index is -0.0774. The Bertz CT molecular complexity index is 488. The molecular weight excluding hydrogens is 210 g/mol. The molecule has 1 heterocycles. The van der Waals surface area contributed by atoms with Crippen LogP contribution in [-0.4, -0.2) is 9.78 Å². The molecule has 0 fully saturated rings. The fourth-order valence-corrected chi connectivity index (χ4v) is 2.05. The minimum Gasteiger partial charge on any atom is -0.320 e. The Balaban J connectivity index is 2.32. The van der Waals surface area contributed by atoms with Crippen LogP contribution < -0.4 is 5.73 Å². The van der Waals surface area contributed by atoms with Gasteiger partial charge in [-0.3, -0.25) is 4.68 Å². The molecule has 3 nitrogen and oxygen atoms in total. The zero-order valence-corrected chi connectivity index (χ0v) is 10.4. The third-order valence-corrected chi connectivity index (χ3v) is 3.11. The van der Waals surface area contributed by atoms with E-state index < -0.39 is 0 Å². The van der Waals surface area contributed by atoms with Crippen LogP contribution in [-0.2, 0) is 13.0 Å². The first-order valence-electron chi connectivity index (χ1n) is 6.12. The van der Waals surface area contributed by atoms with Crippen LogP contribution in [0.5, 0.6) is 0 Å². The second kappa shape index (κ2) is 5.15. The van der Waals surface area contributed by atoms with Gasteiger partial charge in [0, 0.05) is 18.3 Å². The summed E-state index contributed by atoms with van der Waals surface area (Å²) in [6.07, 6.45) is 4.89. The summed E-state index contributed by atoms with van der Waals surface area (Å²) >= 11 is 0. The zero-order valence-electron chi connectivity index (χ0n) is 10.4. The van der Waals surface area contributed by atoms with E-state index in [1.54, 1.807) is 0 Å². The molecule has 0 aliphatic rings. The molecular formula is C14H19N3. The topological polar surface area (TPSA) is 43.8 Å². The van der Waals surface area contributed by atoms with Crippen molar-refractivity contribution in [3.63, 3.8) is 0 Å². The van der Waals surface area contributed by atoms with Crippen LogP contribution in [0.25, 0.3) is 0 Å². The second-order valence-corrected chi connectivity index (χ2v) is 4.16. The highest BCUT2D eigenvalue weighted by atomic mass is 15.3. The van der Waals surface area contributed by atoms with Crippen LogP contribution in [0.4, 0.5) is 0 Å². The summed E-state index contributed by atoms with van der Waals surface area (Å²) in [6, 6.07) is 8.27. The van der Waals surface area contributed by atoms with Crippen LogP contribution in [0.2, 0.25) is 0 Å². The van der Waals surface area contributed by atoms with Crippen molar-refractivity contribution in [3.8, 4) is 0 Å².